The third-order valence-corrected chi connectivity index (χ3v) is 4.58. The third-order valence-electron chi connectivity index (χ3n) is 4.58. The lowest BCUT2D eigenvalue weighted by Gasteiger charge is -2.26. The number of pyridine rings is 1. The number of anilines is 2. The van der Waals surface area contributed by atoms with Gasteiger partial charge in [0.1, 0.15) is 6.61 Å². The molecule has 7 heteroatoms. The Hall–Kier alpha value is -2.64. The number of nitrogens with zero attached hydrogens (tertiary/aromatic N) is 3. The summed E-state index contributed by atoms with van der Waals surface area (Å²) >= 11 is 0. The Morgan fingerprint density at radius 2 is 2.10 bits per heavy atom. The van der Waals surface area contributed by atoms with E-state index in [2.05, 4.69) is 51.7 Å². The van der Waals surface area contributed by atoms with Crippen LogP contribution in [-0.2, 0) is 4.74 Å². The molecule has 1 aromatic carbocycles. The second-order valence-electron chi connectivity index (χ2n) is 7.09. The summed E-state index contributed by atoms with van der Waals surface area (Å²) in [4.78, 5) is 6.88. The molecule has 0 unspecified atom stereocenters. The average molecular weight is 398 g/mol. The fraction of sp³-hybridized carbons (Fsp3) is 0.455. The van der Waals surface area contributed by atoms with Crippen LogP contribution in [0.15, 0.2) is 41.5 Å². The predicted molar refractivity (Wildman–Crippen MR) is 118 cm³/mol. The zero-order valence-electron chi connectivity index (χ0n) is 17.4. The Morgan fingerprint density at radius 1 is 1.24 bits per heavy atom. The predicted octanol–water partition coefficient (Wildman–Crippen LogP) is 3.37. The molecule has 156 valence electrons. The minimum atomic E-state index is 0.590. The summed E-state index contributed by atoms with van der Waals surface area (Å²) in [6, 6.07) is 12.1. The van der Waals surface area contributed by atoms with E-state index >= 15 is 0 Å². The standard InChI is InChI=1S/C22H31N5O2/c1-3-7-23-20-15-21(26-24-17-19-6-4-5-18(2)14-19)25-22(16-20)29-13-10-27-8-11-28-12-9-27/h4-6,14-17H,3,7-13H2,1-2H3,(H2,23,25,26)/b24-17+. The number of nitrogens with one attached hydrogen (secondary N) is 2. The molecule has 0 bridgehead atoms. The van der Waals surface area contributed by atoms with Gasteiger partial charge in [-0.2, -0.15) is 10.1 Å². The number of ether oxygens (including phenoxy) is 2. The van der Waals surface area contributed by atoms with E-state index in [1.165, 1.54) is 5.56 Å². The molecule has 1 saturated heterocycles. The SMILES string of the molecule is CCCNc1cc(N/N=C/c2cccc(C)c2)nc(OCCN2CCOCC2)c1. The molecule has 2 N–H and O–H groups in total. The monoisotopic (exact) mass is 397 g/mol. The van der Waals surface area contributed by atoms with Gasteiger partial charge in [0.15, 0.2) is 5.82 Å². The fourth-order valence-electron chi connectivity index (χ4n) is 3.04. The van der Waals surface area contributed by atoms with Gasteiger partial charge in [0, 0.05) is 44.0 Å². The summed E-state index contributed by atoms with van der Waals surface area (Å²) in [6.45, 7) is 10.1. The first-order valence-electron chi connectivity index (χ1n) is 10.3. The van der Waals surface area contributed by atoms with Crippen LogP contribution < -0.4 is 15.5 Å². The molecular weight excluding hydrogens is 366 g/mol. The minimum absolute atomic E-state index is 0.590. The topological polar surface area (TPSA) is 71.0 Å². The van der Waals surface area contributed by atoms with E-state index in [1.807, 2.05) is 24.3 Å². The Morgan fingerprint density at radius 3 is 2.90 bits per heavy atom. The Kier molecular flexibility index (Phi) is 8.27. The maximum absolute atomic E-state index is 5.92. The quantitative estimate of drug-likeness (QED) is 0.473. The van der Waals surface area contributed by atoms with Crippen LogP contribution in [0.5, 0.6) is 5.88 Å². The maximum Gasteiger partial charge on any atom is 0.217 e. The van der Waals surface area contributed by atoms with Crippen molar-refractivity contribution in [2.24, 2.45) is 5.10 Å². The molecule has 1 fully saturated rings. The summed E-state index contributed by atoms with van der Waals surface area (Å²) in [6.07, 6.45) is 2.84. The molecule has 7 nitrogen and oxygen atoms in total. The highest BCUT2D eigenvalue weighted by molar-refractivity contribution is 5.80. The molecule has 3 rings (SSSR count). The van der Waals surface area contributed by atoms with E-state index in [-0.39, 0.29) is 0 Å². The van der Waals surface area contributed by atoms with Gasteiger partial charge in [-0.25, -0.2) is 0 Å². The molecule has 0 radical (unpaired) electrons. The van der Waals surface area contributed by atoms with Crippen LogP contribution in [0.2, 0.25) is 0 Å². The Labute approximate surface area is 173 Å². The molecule has 1 aliphatic rings. The molecule has 0 aliphatic carbocycles. The molecule has 0 atom stereocenters. The van der Waals surface area contributed by atoms with Gasteiger partial charge >= 0.3 is 0 Å². The van der Waals surface area contributed by atoms with Gasteiger partial charge in [-0.15, -0.1) is 0 Å². The van der Waals surface area contributed by atoms with Gasteiger partial charge in [0.25, 0.3) is 0 Å². The molecule has 2 aromatic rings. The van der Waals surface area contributed by atoms with E-state index in [0.717, 1.165) is 57.1 Å². The van der Waals surface area contributed by atoms with Crippen LogP contribution in [0.25, 0.3) is 0 Å². The number of morpholine rings is 1. The van der Waals surface area contributed by atoms with E-state index in [9.17, 15) is 0 Å². The highest BCUT2D eigenvalue weighted by atomic mass is 16.5. The van der Waals surface area contributed by atoms with Gasteiger partial charge < -0.3 is 14.8 Å². The van der Waals surface area contributed by atoms with Crippen molar-refractivity contribution in [3.8, 4) is 5.88 Å². The van der Waals surface area contributed by atoms with Gasteiger partial charge in [-0.3, -0.25) is 10.3 Å². The normalized spacial score (nSPS) is 14.8. The second kappa shape index (κ2) is 11.4. The van der Waals surface area contributed by atoms with Gasteiger partial charge in [-0.1, -0.05) is 36.8 Å². The van der Waals surface area contributed by atoms with Crippen molar-refractivity contribution < 1.29 is 9.47 Å². The fourth-order valence-corrected chi connectivity index (χ4v) is 3.04. The third kappa shape index (κ3) is 7.36. The van der Waals surface area contributed by atoms with Crippen molar-refractivity contribution in [2.45, 2.75) is 20.3 Å². The lowest BCUT2D eigenvalue weighted by atomic mass is 10.2. The van der Waals surface area contributed by atoms with Crippen molar-refractivity contribution in [3.05, 3.63) is 47.5 Å². The Balaban J connectivity index is 1.61. The largest absolute Gasteiger partial charge is 0.476 e. The minimum Gasteiger partial charge on any atom is -0.476 e. The summed E-state index contributed by atoms with van der Waals surface area (Å²) in [5, 5.41) is 7.72. The van der Waals surface area contributed by atoms with Crippen LogP contribution >= 0.6 is 0 Å². The first-order valence-corrected chi connectivity index (χ1v) is 10.3. The van der Waals surface area contributed by atoms with Crippen molar-refractivity contribution in [3.63, 3.8) is 0 Å². The second-order valence-corrected chi connectivity index (χ2v) is 7.09. The lowest BCUT2D eigenvalue weighted by Crippen LogP contribution is -2.38. The molecule has 0 amide bonds. The average Bonchev–Trinajstić information content (AvgIpc) is 2.73. The van der Waals surface area contributed by atoms with Crippen LogP contribution in [0.4, 0.5) is 11.5 Å². The first kappa shape index (κ1) is 21.1. The summed E-state index contributed by atoms with van der Waals surface area (Å²) in [5.41, 5.74) is 6.23. The van der Waals surface area contributed by atoms with Crippen LogP contribution in [0.3, 0.4) is 0 Å². The van der Waals surface area contributed by atoms with E-state index in [4.69, 9.17) is 9.47 Å². The van der Waals surface area contributed by atoms with E-state index < -0.39 is 0 Å². The van der Waals surface area contributed by atoms with E-state index in [1.54, 1.807) is 6.21 Å². The van der Waals surface area contributed by atoms with Gasteiger partial charge in [0.2, 0.25) is 5.88 Å². The molecule has 0 saturated carbocycles. The lowest BCUT2D eigenvalue weighted by molar-refractivity contribution is 0.0320. The van der Waals surface area contributed by atoms with Crippen molar-refractivity contribution in [1.29, 1.82) is 0 Å². The van der Waals surface area contributed by atoms with Crippen LogP contribution in [0, 0.1) is 6.92 Å². The Bertz CT molecular complexity index is 791. The summed E-state index contributed by atoms with van der Waals surface area (Å²) < 4.78 is 11.3. The van der Waals surface area contributed by atoms with Crippen molar-refractivity contribution >= 4 is 17.7 Å². The molecular formula is C22H31N5O2. The maximum atomic E-state index is 5.92. The molecule has 1 aromatic heterocycles. The molecule has 0 spiro atoms. The number of aryl methyl sites for hydroxylation is 1. The van der Waals surface area contributed by atoms with Gasteiger partial charge in [-0.05, 0) is 18.9 Å². The number of benzene rings is 1. The summed E-state index contributed by atoms with van der Waals surface area (Å²) in [7, 11) is 0. The highest BCUT2D eigenvalue weighted by Crippen LogP contribution is 2.20. The van der Waals surface area contributed by atoms with Crippen LogP contribution in [-0.4, -0.2) is 62.1 Å². The molecule has 1 aliphatic heterocycles. The number of rotatable bonds is 10. The van der Waals surface area contributed by atoms with Crippen molar-refractivity contribution in [2.75, 3.05) is 56.7 Å². The number of hydrazone groups is 1. The van der Waals surface area contributed by atoms with Crippen LogP contribution in [0.1, 0.15) is 24.5 Å². The number of hydrogen-bond donors (Lipinski definition) is 2. The zero-order valence-corrected chi connectivity index (χ0v) is 17.4. The number of hydrogen-bond acceptors (Lipinski definition) is 7. The molecule has 29 heavy (non-hydrogen) atoms. The van der Waals surface area contributed by atoms with Crippen molar-refractivity contribution in [1.82, 2.24) is 9.88 Å². The van der Waals surface area contributed by atoms with Gasteiger partial charge in [0.05, 0.1) is 19.4 Å². The summed E-state index contributed by atoms with van der Waals surface area (Å²) in [5.74, 6) is 1.24. The molecule has 2 heterocycles. The first-order chi connectivity index (χ1) is 14.2. The zero-order chi connectivity index (χ0) is 20.3. The highest BCUT2D eigenvalue weighted by Gasteiger charge is 2.10. The number of aromatic nitrogens is 1. The van der Waals surface area contributed by atoms with E-state index in [0.29, 0.717) is 18.3 Å². The smallest absolute Gasteiger partial charge is 0.217 e.